The van der Waals surface area contributed by atoms with Gasteiger partial charge in [0.25, 0.3) is 0 Å². The second kappa shape index (κ2) is 9.17. The topological polar surface area (TPSA) is 30.0 Å². The monoisotopic (exact) mass is 169 g/mol. The lowest BCUT2D eigenvalue weighted by Gasteiger charge is -1.70. The van der Waals surface area contributed by atoms with E-state index in [0.717, 1.165) is 6.29 Å². The summed E-state index contributed by atoms with van der Waals surface area (Å²) in [7, 11) is 0. The number of pyridine rings is 1. The summed E-state index contributed by atoms with van der Waals surface area (Å²) in [4.78, 5) is 13.2. The number of hydrogen-bond donors (Lipinski definition) is 0. The van der Waals surface area contributed by atoms with Crippen molar-refractivity contribution < 1.29 is 4.79 Å². The Labute approximate surface area is 71.0 Å². The maximum atomic E-state index is 9.38. The molecule has 1 aromatic heterocycles. The largest absolute Gasteiger partial charge is 0.302 e. The Morgan fingerprint density at radius 3 is 2.09 bits per heavy atom. The van der Waals surface area contributed by atoms with Gasteiger partial charge in [0, 0.05) is 18.1 Å². The molecule has 0 aromatic carbocycles. The number of hydrogen-bond acceptors (Lipinski definition) is 3. The minimum Gasteiger partial charge on any atom is -0.302 e. The predicted octanol–water partition coefficient (Wildman–Crippen LogP) is 1.63. The van der Waals surface area contributed by atoms with Crippen LogP contribution in [0.25, 0.3) is 0 Å². The van der Waals surface area contributed by atoms with Gasteiger partial charge in [-0.25, -0.2) is 0 Å². The molecule has 0 bridgehead atoms. The summed E-state index contributed by atoms with van der Waals surface area (Å²) in [5, 5.41) is 0. The number of carbonyl (C=O) groups excluding carboxylic acids is 1. The molecule has 0 N–H and O–H groups in total. The fraction of sp³-hybridized carbons (Fsp3) is 0.250. The Bertz CT molecular complexity index is 140. The zero-order chi connectivity index (χ0) is 8.36. The van der Waals surface area contributed by atoms with E-state index in [1.807, 2.05) is 24.5 Å². The maximum absolute atomic E-state index is 9.38. The zero-order valence-corrected chi connectivity index (χ0v) is 7.25. The van der Waals surface area contributed by atoms with Crippen LogP contribution in [0, 0.1) is 0 Å². The van der Waals surface area contributed by atoms with E-state index in [9.17, 15) is 4.79 Å². The van der Waals surface area contributed by atoms with E-state index < -0.39 is 0 Å². The van der Waals surface area contributed by atoms with Gasteiger partial charge < -0.3 is 4.79 Å². The van der Waals surface area contributed by atoms with E-state index >= 15 is 0 Å². The van der Waals surface area contributed by atoms with Crippen molar-refractivity contribution in [2.24, 2.45) is 0 Å². The molecule has 0 radical (unpaired) electrons. The molecule has 3 heteroatoms. The molecule has 0 fully saturated rings. The highest BCUT2D eigenvalue weighted by molar-refractivity contribution is 7.99. The Morgan fingerprint density at radius 1 is 1.36 bits per heavy atom. The summed E-state index contributed by atoms with van der Waals surface area (Å²) in [6, 6.07) is 5.72. The molecule has 0 spiro atoms. The predicted molar refractivity (Wildman–Crippen MR) is 48.7 cm³/mol. The molecule has 1 rings (SSSR count). The lowest BCUT2D eigenvalue weighted by atomic mass is 10.5. The van der Waals surface area contributed by atoms with Crippen molar-refractivity contribution in [3.05, 3.63) is 30.6 Å². The smallest absolute Gasteiger partial charge is 0.129 e. The summed E-state index contributed by atoms with van der Waals surface area (Å²) >= 11 is 1.53. The Morgan fingerprint density at radius 2 is 2.00 bits per heavy atom. The van der Waals surface area contributed by atoms with Crippen molar-refractivity contribution in [3.8, 4) is 0 Å². The van der Waals surface area contributed by atoms with Crippen molar-refractivity contribution in [1.82, 2.24) is 4.98 Å². The molecule has 0 unspecified atom stereocenters. The molecule has 0 atom stereocenters. The van der Waals surface area contributed by atoms with Crippen molar-refractivity contribution in [2.75, 3.05) is 12.0 Å². The standard InChI is InChI=1S/C5H5N.C3H6OS/c1-2-4-6-5-3-1;1-5-3-2-4/h1-5H;2H,3H2,1H3. The first-order valence-corrected chi connectivity index (χ1v) is 4.58. The van der Waals surface area contributed by atoms with Crippen molar-refractivity contribution in [2.45, 2.75) is 0 Å². The first-order chi connectivity index (χ1) is 5.41. The van der Waals surface area contributed by atoms with Gasteiger partial charge in [-0.2, -0.15) is 11.8 Å². The Hall–Kier alpha value is -0.830. The van der Waals surface area contributed by atoms with Crippen LogP contribution >= 0.6 is 11.8 Å². The van der Waals surface area contributed by atoms with Crippen molar-refractivity contribution >= 4 is 18.0 Å². The first kappa shape index (κ1) is 10.2. The molecule has 2 nitrogen and oxygen atoms in total. The molecule has 60 valence electrons. The Kier molecular flexibility index (Phi) is 8.48. The van der Waals surface area contributed by atoms with Crippen LogP contribution in [-0.2, 0) is 4.79 Å². The van der Waals surface area contributed by atoms with Gasteiger partial charge in [0.15, 0.2) is 0 Å². The summed E-state index contributed by atoms with van der Waals surface area (Å²) in [6.07, 6.45) is 6.29. The number of nitrogens with zero attached hydrogens (tertiary/aromatic N) is 1. The third-order valence-corrected chi connectivity index (χ3v) is 1.27. The third-order valence-electron chi connectivity index (χ3n) is 0.801. The summed E-state index contributed by atoms with van der Waals surface area (Å²) < 4.78 is 0. The molecule has 1 aromatic rings. The second-order valence-corrected chi connectivity index (χ2v) is 2.56. The van der Waals surface area contributed by atoms with E-state index in [-0.39, 0.29) is 0 Å². The summed E-state index contributed by atoms with van der Waals surface area (Å²) in [5.41, 5.74) is 0. The van der Waals surface area contributed by atoms with E-state index in [1.165, 1.54) is 11.8 Å². The van der Waals surface area contributed by atoms with E-state index in [4.69, 9.17) is 0 Å². The van der Waals surface area contributed by atoms with E-state index in [0.29, 0.717) is 5.75 Å². The van der Waals surface area contributed by atoms with E-state index in [1.54, 1.807) is 12.4 Å². The molecule has 0 amide bonds. The third kappa shape index (κ3) is 9.17. The van der Waals surface area contributed by atoms with Crippen LogP contribution in [-0.4, -0.2) is 23.3 Å². The molecule has 1 heterocycles. The van der Waals surface area contributed by atoms with Crippen LogP contribution in [0.3, 0.4) is 0 Å². The highest BCUT2D eigenvalue weighted by Gasteiger charge is 1.66. The lowest BCUT2D eigenvalue weighted by molar-refractivity contribution is -0.105. The van der Waals surface area contributed by atoms with Gasteiger partial charge >= 0.3 is 0 Å². The van der Waals surface area contributed by atoms with Gasteiger partial charge in [-0.15, -0.1) is 0 Å². The number of carbonyl (C=O) groups is 1. The quantitative estimate of drug-likeness (QED) is 0.630. The second-order valence-electron chi connectivity index (χ2n) is 1.65. The minimum atomic E-state index is 0.625. The fourth-order valence-corrected chi connectivity index (χ4v) is 0.517. The van der Waals surface area contributed by atoms with Crippen LogP contribution in [0.1, 0.15) is 0 Å². The first-order valence-electron chi connectivity index (χ1n) is 3.19. The molecule has 0 aliphatic carbocycles. The van der Waals surface area contributed by atoms with Crippen LogP contribution in [0.4, 0.5) is 0 Å². The van der Waals surface area contributed by atoms with Crippen LogP contribution in [0.15, 0.2) is 30.6 Å². The average Bonchev–Trinajstić information content (AvgIpc) is 2.10. The zero-order valence-electron chi connectivity index (χ0n) is 6.43. The minimum absolute atomic E-state index is 0.625. The fourth-order valence-electron chi connectivity index (χ4n) is 0.381. The van der Waals surface area contributed by atoms with Gasteiger partial charge in [-0.05, 0) is 18.4 Å². The number of thioether (sulfide) groups is 1. The molecule has 0 saturated carbocycles. The van der Waals surface area contributed by atoms with Gasteiger partial charge in [0.2, 0.25) is 0 Å². The van der Waals surface area contributed by atoms with Gasteiger partial charge in [-0.1, -0.05) is 6.07 Å². The molecular formula is C8H11NOS. The molecule has 0 saturated heterocycles. The molecular weight excluding hydrogens is 158 g/mol. The molecule has 0 aliphatic heterocycles. The highest BCUT2D eigenvalue weighted by Crippen LogP contribution is 1.82. The summed E-state index contributed by atoms with van der Waals surface area (Å²) in [6.45, 7) is 0. The number of aromatic nitrogens is 1. The average molecular weight is 169 g/mol. The number of rotatable bonds is 2. The van der Waals surface area contributed by atoms with Gasteiger partial charge in [0.05, 0.1) is 0 Å². The van der Waals surface area contributed by atoms with E-state index in [2.05, 4.69) is 4.98 Å². The highest BCUT2D eigenvalue weighted by atomic mass is 32.2. The Balaban J connectivity index is 0.000000187. The SMILES string of the molecule is CSCC=O.c1ccncc1. The van der Waals surface area contributed by atoms with Crippen molar-refractivity contribution in [1.29, 1.82) is 0 Å². The molecule has 0 aliphatic rings. The van der Waals surface area contributed by atoms with Crippen molar-refractivity contribution in [3.63, 3.8) is 0 Å². The molecule has 11 heavy (non-hydrogen) atoms. The van der Waals surface area contributed by atoms with Gasteiger partial charge in [-0.3, -0.25) is 4.98 Å². The lowest BCUT2D eigenvalue weighted by Crippen LogP contribution is -1.70. The van der Waals surface area contributed by atoms with Crippen LogP contribution in [0.2, 0.25) is 0 Å². The summed E-state index contributed by atoms with van der Waals surface area (Å²) in [5.74, 6) is 0.625. The van der Waals surface area contributed by atoms with Gasteiger partial charge in [0.1, 0.15) is 6.29 Å². The van der Waals surface area contributed by atoms with Crippen LogP contribution < -0.4 is 0 Å². The normalized spacial score (nSPS) is 7.73. The van der Waals surface area contributed by atoms with Crippen LogP contribution in [0.5, 0.6) is 0 Å². The maximum Gasteiger partial charge on any atom is 0.129 e. The number of aldehydes is 1.